The van der Waals surface area contributed by atoms with Crippen LogP contribution in [0.25, 0.3) is 10.9 Å². The topological polar surface area (TPSA) is 45.4 Å². The number of anilines is 2. The highest BCUT2D eigenvalue weighted by Gasteiger charge is 2.21. The van der Waals surface area contributed by atoms with E-state index in [1.54, 1.807) is 6.20 Å². The van der Waals surface area contributed by atoms with Gasteiger partial charge in [-0.1, -0.05) is 0 Å². The predicted molar refractivity (Wildman–Crippen MR) is 75.8 cm³/mol. The Morgan fingerprint density at radius 3 is 2.74 bits per heavy atom. The predicted octanol–water partition coefficient (Wildman–Crippen LogP) is 1.71. The molecule has 0 saturated carbocycles. The average Bonchev–Trinajstić information content (AvgIpc) is 2.41. The standard InChI is InChI=1S/C14H17FN4/c1-18-5-7-19(8-6-18)14-11(15)9-12(16)10-3-2-4-17-13(10)14/h2-4,9H,5-8,16H2,1H3. The summed E-state index contributed by atoms with van der Waals surface area (Å²) >= 11 is 0. The van der Waals surface area contributed by atoms with Gasteiger partial charge in [-0.15, -0.1) is 0 Å². The molecule has 0 radical (unpaired) electrons. The van der Waals surface area contributed by atoms with Gasteiger partial charge in [-0.2, -0.15) is 0 Å². The molecule has 1 saturated heterocycles. The number of piperazine rings is 1. The average molecular weight is 260 g/mol. The van der Waals surface area contributed by atoms with Crippen LogP contribution in [0.5, 0.6) is 0 Å². The maximum absolute atomic E-state index is 14.3. The number of hydrogen-bond acceptors (Lipinski definition) is 4. The highest BCUT2D eigenvalue weighted by molar-refractivity contribution is 5.98. The smallest absolute Gasteiger partial charge is 0.150 e. The number of aromatic nitrogens is 1. The van der Waals surface area contributed by atoms with E-state index >= 15 is 0 Å². The van der Waals surface area contributed by atoms with Gasteiger partial charge in [-0.05, 0) is 25.2 Å². The fourth-order valence-electron chi connectivity index (χ4n) is 2.55. The highest BCUT2D eigenvalue weighted by Crippen LogP contribution is 2.32. The van der Waals surface area contributed by atoms with Crippen molar-refractivity contribution in [1.29, 1.82) is 0 Å². The maximum atomic E-state index is 14.3. The van der Waals surface area contributed by atoms with Crippen LogP contribution in [-0.2, 0) is 0 Å². The maximum Gasteiger partial charge on any atom is 0.150 e. The fraction of sp³-hybridized carbons (Fsp3) is 0.357. The van der Waals surface area contributed by atoms with E-state index in [4.69, 9.17) is 5.73 Å². The van der Waals surface area contributed by atoms with Crippen molar-refractivity contribution in [1.82, 2.24) is 9.88 Å². The summed E-state index contributed by atoms with van der Waals surface area (Å²) in [5, 5.41) is 0.817. The first-order valence-corrected chi connectivity index (χ1v) is 6.43. The number of likely N-dealkylation sites (N-methyl/N-ethyl adjacent to an activating group) is 1. The van der Waals surface area contributed by atoms with E-state index in [0.717, 1.165) is 31.6 Å². The molecule has 100 valence electrons. The van der Waals surface area contributed by atoms with E-state index in [9.17, 15) is 4.39 Å². The molecule has 0 aliphatic carbocycles. The number of fused-ring (bicyclic) bond motifs is 1. The molecule has 0 unspecified atom stereocenters. The number of hydrogen-bond donors (Lipinski definition) is 1. The summed E-state index contributed by atoms with van der Waals surface area (Å²) in [5.74, 6) is -0.284. The lowest BCUT2D eigenvalue weighted by Crippen LogP contribution is -2.45. The summed E-state index contributed by atoms with van der Waals surface area (Å²) in [6.45, 7) is 3.47. The van der Waals surface area contributed by atoms with E-state index in [0.29, 0.717) is 16.9 Å². The van der Waals surface area contributed by atoms with Crippen LogP contribution in [0.2, 0.25) is 0 Å². The summed E-state index contributed by atoms with van der Waals surface area (Å²) in [6.07, 6.45) is 1.68. The first-order chi connectivity index (χ1) is 9.16. The minimum atomic E-state index is -0.284. The van der Waals surface area contributed by atoms with Crippen molar-refractivity contribution >= 4 is 22.3 Å². The van der Waals surface area contributed by atoms with Gasteiger partial charge in [0.25, 0.3) is 0 Å². The lowest BCUT2D eigenvalue weighted by molar-refractivity contribution is 0.312. The van der Waals surface area contributed by atoms with Crippen molar-refractivity contribution in [2.75, 3.05) is 43.9 Å². The normalized spacial score (nSPS) is 17.1. The molecule has 4 nitrogen and oxygen atoms in total. The molecule has 0 amide bonds. The lowest BCUT2D eigenvalue weighted by atomic mass is 10.1. The summed E-state index contributed by atoms with van der Waals surface area (Å²) in [6, 6.07) is 5.11. The monoisotopic (exact) mass is 260 g/mol. The third kappa shape index (κ3) is 2.10. The minimum absolute atomic E-state index is 0.284. The van der Waals surface area contributed by atoms with Crippen LogP contribution in [0.3, 0.4) is 0 Å². The molecule has 1 aromatic carbocycles. The second-order valence-electron chi connectivity index (χ2n) is 4.99. The van der Waals surface area contributed by atoms with Gasteiger partial charge in [0.05, 0.1) is 11.2 Å². The van der Waals surface area contributed by atoms with Gasteiger partial charge in [0.1, 0.15) is 0 Å². The summed E-state index contributed by atoms with van der Waals surface area (Å²) in [5.41, 5.74) is 7.55. The van der Waals surface area contributed by atoms with Crippen molar-refractivity contribution in [2.24, 2.45) is 0 Å². The van der Waals surface area contributed by atoms with E-state index in [1.807, 2.05) is 12.1 Å². The van der Waals surface area contributed by atoms with Gasteiger partial charge >= 0.3 is 0 Å². The van der Waals surface area contributed by atoms with Crippen molar-refractivity contribution in [3.05, 3.63) is 30.2 Å². The Bertz CT molecular complexity index is 606. The largest absolute Gasteiger partial charge is 0.398 e. The molecule has 0 bridgehead atoms. The van der Waals surface area contributed by atoms with Crippen molar-refractivity contribution in [3.8, 4) is 0 Å². The quantitative estimate of drug-likeness (QED) is 0.793. The second-order valence-corrected chi connectivity index (χ2v) is 4.99. The van der Waals surface area contributed by atoms with Crippen LogP contribution in [0.1, 0.15) is 0 Å². The molecule has 3 rings (SSSR count). The molecule has 19 heavy (non-hydrogen) atoms. The highest BCUT2D eigenvalue weighted by atomic mass is 19.1. The zero-order valence-corrected chi connectivity index (χ0v) is 10.9. The number of halogens is 1. The Morgan fingerprint density at radius 1 is 1.26 bits per heavy atom. The van der Waals surface area contributed by atoms with Gasteiger partial charge < -0.3 is 15.5 Å². The van der Waals surface area contributed by atoms with Gasteiger partial charge in [0.15, 0.2) is 5.82 Å². The van der Waals surface area contributed by atoms with Crippen molar-refractivity contribution < 1.29 is 4.39 Å². The molecule has 1 aliphatic heterocycles. The Kier molecular flexibility index (Phi) is 2.98. The molecule has 0 spiro atoms. The van der Waals surface area contributed by atoms with E-state index in [-0.39, 0.29) is 5.82 Å². The van der Waals surface area contributed by atoms with Crippen LogP contribution in [0, 0.1) is 5.82 Å². The van der Waals surface area contributed by atoms with Gasteiger partial charge in [0.2, 0.25) is 0 Å². The fourth-order valence-corrected chi connectivity index (χ4v) is 2.55. The molecule has 1 aromatic heterocycles. The number of rotatable bonds is 1. The number of nitrogens with zero attached hydrogens (tertiary/aromatic N) is 3. The van der Waals surface area contributed by atoms with E-state index < -0.39 is 0 Å². The van der Waals surface area contributed by atoms with Crippen LogP contribution >= 0.6 is 0 Å². The molecule has 1 fully saturated rings. The van der Waals surface area contributed by atoms with Crippen LogP contribution in [0.15, 0.2) is 24.4 Å². The summed E-state index contributed by atoms with van der Waals surface area (Å²) in [7, 11) is 2.08. The zero-order chi connectivity index (χ0) is 13.4. The molecule has 2 aromatic rings. The molecule has 1 aliphatic rings. The first kappa shape index (κ1) is 12.2. The zero-order valence-electron chi connectivity index (χ0n) is 10.9. The molecule has 0 atom stereocenters. The van der Waals surface area contributed by atoms with Crippen LogP contribution in [-0.4, -0.2) is 43.1 Å². The first-order valence-electron chi connectivity index (χ1n) is 6.43. The van der Waals surface area contributed by atoms with Crippen LogP contribution in [0.4, 0.5) is 15.8 Å². The number of pyridine rings is 1. The van der Waals surface area contributed by atoms with Gasteiger partial charge in [0, 0.05) is 43.4 Å². The Labute approximate surface area is 111 Å². The number of benzene rings is 1. The number of nitrogens with two attached hydrogens (primary N) is 1. The molecule has 5 heteroatoms. The van der Waals surface area contributed by atoms with Gasteiger partial charge in [-0.25, -0.2) is 4.39 Å². The van der Waals surface area contributed by atoms with Gasteiger partial charge in [-0.3, -0.25) is 4.98 Å². The summed E-state index contributed by atoms with van der Waals surface area (Å²) in [4.78, 5) is 8.62. The Morgan fingerprint density at radius 2 is 2.00 bits per heavy atom. The minimum Gasteiger partial charge on any atom is -0.398 e. The SMILES string of the molecule is CN1CCN(c2c(F)cc(N)c3cccnc23)CC1. The number of nitrogen functional groups attached to an aromatic ring is 1. The molecular formula is C14H17FN4. The Hall–Kier alpha value is -1.88. The second kappa shape index (κ2) is 4.66. The third-order valence-electron chi connectivity index (χ3n) is 3.67. The van der Waals surface area contributed by atoms with E-state index in [2.05, 4.69) is 21.8 Å². The Balaban J connectivity index is 2.12. The van der Waals surface area contributed by atoms with Crippen LogP contribution < -0.4 is 10.6 Å². The third-order valence-corrected chi connectivity index (χ3v) is 3.67. The van der Waals surface area contributed by atoms with E-state index in [1.165, 1.54) is 6.07 Å². The molecule has 2 N–H and O–H groups in total. The van der Waals surface area contributed by atoms with Crippen molar-refractivity contribution in [3.63, 3.8) is 0 Å². The van der Waals surface area contributed by atoms with Crippen molar-refractivity contribution in [2.45, 2.75) is 0 Å². The lowest BCUT2D eigenvalue weighted by Gasteiger charge is -2.34. The summed E-state index contributed by atoms with van der Waals surface area (Å²) < 4.78 is 14.3. The molecule has 2 heterocycles. The molecular weight excluding hydrogens is 243 g/mol.